The second kappa shape index (κ2) is 8.59. The molecule has 1 aromatic carbocycles. The molecule has 1 aromatic rings. The first-order valence-corrected chi connectivity index (χ1v) is 7.19. The van der Waals surface area contributed by atoms with Gasteiger partial charge in [-0.25, -0.2) is 4.79 Å². The highest BCUT2D eigenvalue weighted by Crippen LogP contribution is 2.21. The standard InChI is InChI=1S/C16H25NO3/c1-5-10-20-14-9-7-8-13(11-14)15(16(18)19-4)17-12(3)6-2/h7-9,11-12,15,17H,5-6,10H2,1-4H3. The number of rotatable bonds is 8. The van der Waals surface area contributed by atoms with Gasteiger partial charge in [0.25, 0.3) is 0 Å². The van der Waals surface area contributed by atoms with E-state index in [1.54, 1.807) is 0 Å². The summed E-state index contributed by atoms with van der Waals surface area (Å²) >= 11 is 0. The van der Waals surface area contributed by atoms with Crippen LogP contribution in [0, 0.1) is 0 Å². The van der Waals surface area contributed by atoms with Gasteiger partial charge >= 0.3 is 5.97 Å². The first-order chi connectivity index (χ1) is 9.62. The third-order valence-electron chi connectivity index (χ3n) is 3.16. The van der Waals surface area contributed by atoms with Gasteiger partial charge in [-0.1, -0.05) is 26.0 Å². The maximum Gasteiger partial charge on any atom is 0.327 e. The van der Waals surface area contributed by atoms with Gasteiger partial charge in [0.1, 0.15) is 11.8 Å². The third-order valence-corrected chi connectivity index (χ3v) is 3.16. The van der Waals surface area contributed by atoms with Crippen LogP contribution in [-0.2, 0) is 9.53 Å². The van der Waals surface area contributed by atoms with Crippen LogP contribution in [0.1, 0.15) is 45.2 Å². The number of carbonyl (C=O) groups excluding carboxylic acids is 1. The Balaban J connectivity index is 2.91. The SMILES string of the molecule is CCCOc1cccc(C(NC(C)CC)C(=O)OC)c1. The Bertz CT molecular complexity index is 420. The van der Waals surface area contributed by atoms with E-state index < -0.39 is 6.04 Å². The van der Waals surface area contributed by atoms with E-state index in [0.717, 1.165) is 24.2 Å². The normalized spacial score (nSPS) is 13.6. The minimum atomic E-state index is -0.458. The van der Waals surface area contributed by atoms with Crippen molar-refractivity contribution in [2.24, 2.45) is 0 Å². The highest BCUT2D eigenvalue weighted by atomic mass is 16.5. The Hall–Kier alpha value is -1.55. The largest absolute Gasteiger partial charge is 0.494 e. The quantitative estimate of drug-likeness (QED) is 0.743. The summed E-state index contributed by atoms with van der Waals surface area (Å²) in [6, 6.07) is 7.38. The van der Waals surface area contributed by atoms with Crippen LogP contribution in [0.3, 0.4) is 0 Å². The fourth-order valence-corrected chi connectivity index (χ4v) is 1.82. The summed E-state index contributed by atoms with van der Waals surface area (Å²) in [6.07, 6.45) is 1.90. The third kappa shape index (κ3) is 4.85. The van der Waals surface area contributed by atoms with Gasteiger partial charge in [0, 0.05) is 6.04 Å². The molecule has 0 fully saturated rings. The summed E-state index contributed by atoms with van der Waals surface area (Å²) < 4.78 is 10.5. The van der Waals surface area contributed by atoms with Gasteiger partial charge < -0.3 is 9.47 Å². The molecule has 2 atom stereocenters. The Morgan fingerprint density at radius 2 is 2.10 bits per heavy atom. The number of hydrogen-bond donors (Lipinski definition) is 1. The molecule has 1 rings (SSSR count). The lowest BCUT2D eigenvalue weighted by Gasteiger charge is -2.21. The van der Waals surface area contributed by atoms with Crippen LogP contribution < -0.4 is 10.1 Å². The lowest BCUT2D eigenvalue weighted by Crippen LogP contribution is -2.35. The molecule has 0 saturated carbocycles. The molecule has 0 aromatic heterocycles. The Morgan fingerprint density at radius 3 is 2.70 bits per heavy atom. The zero-order valence-corrected chi connectivity index (χ0v) is 12.8. The molecule has 20 heavy (non-hydrogen) atoms. The summed E-state index contributed by atoms with van der Waals surface area (Å²) in [5.41, 5.74) is 0.866. The predicted octanol–water partition coefficient (Wildman–Crippen LogP) is 3.08. The van der Waals surface area contributed by atoms with E-state index in [4.69, 9.17) is 9.47 Å². The van der Waals surface area contributed by atoms with Crippen molar-refractivity contribution in [3.63, 3.8) is 0 Å². The minimum absolute atomic E-state index is 0.235. The highest BCUT2D eigenvalue weighted by molar-refractivity contribution is 5.77. The molecular formula is C16H25NO3. The van der Waals surface area contributed by atoms with E-state index in [1.165, 1.54) is 7.11 Å². The zero-order chi connectivity index (χ0) is 15.0. The molecule has 4 nitrogen and oxygen atoms in total. The molecule has 0 heterocycles. The molecule has 0 aliphatic carbocycles. The van der Waals surface area contributed by atoms with E-state index in [9.17, 15) is 4.79 Å². The summed E-state index contributed by atoms with van der Waals surface area (Å²) in [5, 5.41) is 3.29. The minimum Gasteiger partial charge on any atom is -0.494 e. The van der Waals surface area contributed by atoms with Crippen molar-refractivity contribution in [1.29, 1.82) is 0 Å². The fourth-order valence-electron chi connectivity index (χ4n) is 1.82. The second-order valence-electron chi connectivity index (χ2n) is 4.85. The molecule has 4 heteroatoms. The van der Waals surface area contributed by atoms with E-state index in [-0.39, 0.29) is 12.0 Å². The summed E-state index contributed by atoms with van der Waals surface area (Å²) in [5.74, 6) is 0.502. The predicted molar refractivity (Wildman–Crippen MR) is 79.9 cm³/mol. The van der Waals surface area contributed by atoms with Gasteiger partial charge in [-0.15, -0.1) is 0 Å². The van der Waals surface area contributed by atoms with Crippen molar-refractivity contribution in [1.82, 2.24) is 5.32 Å². The van der Waals surface area contributed by atoms with Gasteiger partial charge in [-0.3, -0.25) is 5.32 Å². The second-order valence-corrected chi connectivity index (χ2v) is 4.85. The van der Waals surface area contributed by atoms with Crippen LogP contribution in [0.15, 0.2) is 24.3 Å². The Morgan fingerprint density at radius 1 is 1.35 bits per heavy atom. The van der Waals surface area contributed by atoms with E-state index >= 15 is 0 Å². The molecule has 0 aliphatic heterocycles. The van der Waals surface area contributed by atoms with Gasteiger partial charge in [-0.05, 0) is 37.5 Å². The molecule has 0 spiro atoms. The van der Waals surface area contributed by atoms with Crippen LogP contribution in [-0.4, -0.2) is 25.7 Å². The molecule has 0 amide bonds. The molecule has 0 saturated heterocycles. The Labute approximate surface area is 121 Å². The van der Waals surface area contributed by atoms with Gasteiger partial charge in [0.2, 0.25) is 0 Å². The Kier molecular flexibility index (Phi) is 7.09. The number of hydrogen-bond acceptors (Lipinski definition) is 4. The van der Waals surface area contributed by atoms with Crippen molar-refractivity contribution >= 4 is 5.97 Å². The van der Waals surface area contributed by atoms with Gasteiger partial charge in [-0.2, -0.15) is 0 Å². The van der Waals surface area contributed by atoms with Crippen molar-refractivity contribution < 1.29 is 14.3 Å². The summed E-state index contributed by atoms with van der Waals surface area (Å²) in [7, 11) is 1.41. The van der Waals surface area contributed by atoms with Crippen LogP contribution in [0.2, 0.25) is 0 Å². The van der Waals surface area contributed by atoms with Crippen LogP contribution in [0.4, 0.5) is 0 Å². The molecule has 112 valence electrons. The van der Waals surface area contributed by atoms with E-state index in [0.29, 0.717) is 6.61 Å². The van der Waals surface area contributed by atoms with Crippen molar-refractivity contribution in [3.8, 4) is 5.75 Å². The van der Waals surface area contributed by atoms with Gasteiger partial charge in [0.05, 0.1) is 13.7 Å². The zero-order valence-electron chi connectivity index (χ0n) is 12.8. The number of carbonyl (C=O) groups is 1. The lowest BCUT2D eigenvalue weighted by atomic mass is 10.1. The first kappa shape index (κ1) is 16.5. The summed E-state index contributed by atoms with van der Waals surface area (Å²) in [6.45, 7) is 6.86. The van der Waals surface area contributed by atoms with Crippen LogP contribution in [0.5, 0.6) is 5.75 Å². The number of nitrogens with one attached hydrogen (secondary N) is 1. The molecular weight excluding hydrogens is 254 g/mol. The number of benzene rings is 1. The monoisotopic (exact) mass is 279 g/mol. The van der Waals surface area contributed by atoms with Crippen molar-refractivity contribution in [2.45, 2.75) is 45.7 Å². The summed E-state index contributed by atoms with van der Waals surface area (Å²) in [4.78, 5) is 12.0. The fraction of sp³-hybridized carbons (Fsp3) is 0.562. The molecule has 1 N–H and O–H groups in total. The van der Waals surface area contributed by atoms with Gasteiger partial charge in [0.15, 0.2) is 0 Å². The lowest BCUT2D eigenvalue weighted by molar-refractivity contribution is -0.143. The van der Waals surface area contributed by atoms with E-state index in [1.807, 2.05) is 31.2 Å². The number of methoxy groups -OCH3 is 1. The van der Waals surface area contributed by atoms with Crippen LogP contribution in [0.25, 0.3) is 0 Å². The molecule has 0 aliphatic rings. The molecule has 2 unspecified atom stereocenters. The number of ether oxygens (including phenoxy) is 2. The number of esters is 1. The maximum atomic E-state index is 12.0. The molecule has 0 bridgehead atoms. The average molecular weight is 279 g/mol. The van der Waals surface area contributed by atoms with Crippen molar-refractivity contribution in [3.05, 3.63) is 29.8 Å². The van der Waals surface area contributed by atoms with Crippen molar-refractivity contribution in [2.75, 3.05) is 13.7 Å². The van der Waals surface area contributed by atoms with E-state index in [2.05, 4.69) is 19.2 Å². The highest BCUT2D eigenvalue weighted by Gasteiger charge is 2.22. The topological polar surface area (TPSA) is 47.6 Å². The average Bonchev–Trinajstić information content (AvgIpc) is 2.49. The first-order valence-electron chi connectivity index (χ1n) is 7.19. The van der Waals surface area contributed by atoms with Crippen LogP contribution >= 0.6 is 0 Å². The smallest absolute Gasteiger partial charge is 0.327 e. The molecule has 0 radical (unpaired) electrons. The maximum absolute atomic E-state index is 12.0.